The molecule has 1 aliphatic rings. The van der Waals surface area contributed by atoms with Crippen molar-refractivity contribution in [1.82, 2.24) is 5.32 Å². The molecule has 4 nitrogen and oxygen atoms in total. The molecule has 0 bridgehead atoms. The van der Waals surface area contributed by atoms with Gasteiger partial charge in [-0.25, -0.2) is 0 Å². The van der Waals surface area contributed by atoms with Gasteiger partial charge < -0.3 is 16.8 Å². The second-order valence-corrected chi connectivity index (χ2v) is 4.00. The van der Waals surface area contributed by atoms with Crippen molar-refractivity contribution in [2.75, 3.05) is 6.54 Å². The largest absolute Gasteiger partial charge is 0.404 e. The first-order valence-corrected chi connectivity index (χ1v) is 5.50. The highest BCUT2D eigenvalue weighted by Gasteiger charge is 2.02. The Morgan fingerprint density at radius 3 is 2.81 bits per heavy atom. The molecule has 88 valence electrons. The highest BCUT2D eigenvalue weighted by atomic mass is 15.1. The van der Waals surface area contributed by atoms with Gasteiger partial charge in [-0.3, -0.25) is 4.99 Å². The number of allylic oxidation sites excluding steroid dienone is 2. The van der Waals surface area contributed by atoms with Crippen LogP contribution in [0.2, 0.25) is 0 Å². The summed E-state index contributed by atoms with van der Waals surface area (Å²) >= 11 is 0. The van der Waals surface area contributed by atoms with Crippen molar-refractivity contribution in [1.29, 1.82) is 0 Å². The van der Waals surface area contributed by atoms with E-state index in [1.807, 2.05) is 12.2 Å². The normalized spacial score (nSPS) is 17.6. The van der Waals surface area contributed by atoms with Crippen molar-refractivity contribution in [3.63, 3.8) is 0 Å². The van der Waals surface area contributed by atoms with Gasteiger partial charge in [0.15, 0.2) is 0 Å². The summed E-state index contributed by atoms with van der Waals surface area (Å²) in [6.07, 6.45) is 8.43. The van der Waals surface area contributed by atoms with Crippen LogP contribution in [0.15, 0.2) is 40.8 Å². The standard InChI is InChI=1S/C12H20N4/c1-9(2)10(8-13)7-11(14)16-12-5-3-4-6-15-12/h3,5,7-9H,4,6,13-14H2,1-2H3,(H,15,16)/b10-8+,11-7+. The quantitative estimate of drug-likeness (QED) is 0.626. The molecule has 16 heavy (non-hydrogen) atoms. The van der Waals surface area contributed by atoms with E-state index in [4.69, 9.17) is 11.5 Å². The maximum absolute atomic E-state index is 5.86. The second-order valence-electron chi connectivity index (χ2n) is 4.00. The highest BCUT2D eigenvalue weighted by Crippen LogP contribution is 2.09. The lowest BCUT2D eigenvalue weighted by molar-refractivity contribution is 0.783. The predicted molar refractivity (Wildman–Crippen MR) is 68.6 cm³/mol. The van der Waals surface area contributed by atoms with Gasteiger partial charge in [0.2, 0.25) is 0 Å². The molecule has 0 aromatic heterocycles. The van der Waals surface area contributed by atoms with Gasteiger partial charge in [-0.05, 0) is 36.3 Å². The lowest BCUT2D eigenvalue weighted by Crippen LogP contribution is -2.27. The van der Waals surface area contributed by atoms with Gasteiger partial charge in [0.25, 0.3) is 0 Å². The number of rotatable bonds is 3. The van der Waals surface area contributed by atoms with Crippen LogP contribution in [0.25, 0.3) is 0 Å². The molecule has 5 N–H and O–H groups in total. The Morgan fingerprint density at radius 1 is 1.56 bits per heavy atom. The molecule has 0 aliphatic carbocycles. The number of nitrogens with zero attached hydrogens (tertiary/aromatic N) is 1. The summed E-state index contributed by atoms with van der Waals surface area (Å²) in [7, 11) is 0. The number of aliphatic imine (C=N–C) groups is 1. The predicted octanol–water partition coefficient (Wildman–Crippen LogP) is 1.23. The molecular formula is C12H20N4. The number of dihydropyridines is 1. The first kappa shape index (κ1) is 12.4. The zero-order valence-corrected chi connectivity index (χ0v) is 9.90. The van der Waals surface area contributed by atoms with Crippen LogP contribution in [0.4, 0.5) is 0 Å². The van der Waals surface area contributed by atoms with E-state index in [9.17, 15) is 0 Å². The Hall–Kier alpha value is -1.71. The Bertz CT molecular complexity index is 348. The molecule has 4 heteroatoms. The molecule has 0 unspecified atom stereocenters. The molecule has 1 heterocycles. The Morgan fingerprint density at radius 2 is 2.31 bits per heavy atom. The lowest BCUT2D eigenvalue weighted by Gasteiger charge is -2.11. The fourth-order valence-corrected chi connectivity index (χ4v) is 1.36. The molecule has 0 amide bonds. The van der Waals surface area contributed by atoms with E-state index in [1.54, 1.807) is 6.20 Å². The monoisotopic (exact) mass is 220 g/mol. The first-order chi connectivity index (χ1) is 7.63. The van der Waals surface area contributed by atoms with Gasteiger partial charge in [-0.1, -0.05) is 19.9 Å². The average molecular weight is 220 g/mol. The van der Waals surface area contributed by atoms with Crippen molar-refractivity contribution in [2.24, 2.45) is 22.4 Å². The molecule has 0 atom stereocenters. The van der Waals surface area contributed by atoms with Gasteiger partial charge in [-0.2, -0.15) is 0 Å². The van der Waals surface area contributed by atoms with Gasteiger partial charge >= 0.3 is 0 Å². The van der Waals surface area contributed by atoms with Gasteiger partial charge in [0, 0.05) is 6.54 Å². The minimum absolute atomic E-state index is 0.356. The molecular weight excluding hydrogens is 200 g/mol. The van der Waals surface area contributed by atoms with Crippen LogP contribution >= 0.6 is 0 Å². The van der Waals surface area contributed by atoms with Crippen molar-refractivity contribution < 1.29 is 0 Å². The molecule has 0 radical (unpaired) electrons. The molecule has 0 aromatic carbocycles. The van der Waals surface area contributed by atoms with Crippen molar-refractivity contribution in [2.45, 2.75) is 20.3 Å². The van der Waals surface area contributed by atoms with Crippen LogP contribution in [0.1, 0.15) is 20.3 Å². The molecule has 1 rings (SSSR count). The number of nitrogens with one attached hydrogen (secondary N) is 1. The van der Waals surface area contributed by atoms with Crippen LogP contribution in [-0.2, 0) is 0 Å². The van der Waals surface area contributed by atoms with E-state index in [2.05, 4.69) is 30.2 Å². The van der Waals surface area contributed by atoms with Crippen LogP contribution < -0.4 is 16.8 Å². The summed E-state index contributed by atoms with van der Waals surface area (Å²) in [5, 5.41) is 3.04. The number of amidine groups is 1. The number of nitrogens with two attached hydrogens (primary N) is 2. The maximum Gasteiger partial charge on any atom is 0.126 e. The summed E-state index contributed by atoms with van der Waals surface area (Å²) in [5.41, 5.74) is 12.4. The average Bonchev–Trinajstić information content (AvgIpc) is 2.27. The maximum atomic E-state index is 5.86. The summed E-state index contributed by atoms with van der Waals surface area (Å²) < 4.78 is 0. The number of hydrogen-bond acceptors (Lipinski definition) is 4. The fraction of sp³-hybridized carbons (Fsp3) is 0.417. The van der Waals surface area contributed by atoms with Crippen LogP contribution in [0.5, 0.6) is 0 Å². The first-order valence-electron chi connectivity index (χ1n) is 5.50. The van der Waals surface area contributed by atoms with Crippen molar-refractivity contribution in [3.05, 3.63) is 35.8 Å². The summed E-state index contributed by atoms with van der Waals surface area (Å²) in [6, 6.07) is 0. The molecule has 1 aliphatic heterocycles. The zero-order chi connectivity index (χ0) is 12.0. The summed E-state index contributed by atoms with van der Waals surface area (Å²) in [4.78, 5) is 4.29. The van der Waals surface area contributed by atoms with E-state index < -0.39 is 0 Å². The van der Waals surface area contributed by atoms with Gasteiger partial charge in [-0.15, -0.1) is 0 Å². The van der Waals surface area contributed by atoms with Crippen molar-refractivity contribution >= 4 is 5.84 Å². The highest BCUT2D eigenvalue weighted by molar-refractivity contribution is 5.94. The SMILES string of the molecule is CC(C)C(=C/N)/C=C(\N)NC1=NCCC=C1. The molecule has 0 fully saturated rings. The zero-order valence-electron chi connectivity index (χ0n) is 9.90. The van der Waals surface area contributed by atoms with Crippen molar-refractivity contribution in [3.8, 4) is 0 Å². The number of hydrogen-bond donors (Lipinski definition) is 3. The third-order valence-electron chi connectivity index (χ3n) is 2.31. The fourth-order valence-electron chi connectivity index (χ4n) is 1.36. The van der Waals surface area contributed by atoms with Crippen LogP contribution in [0.3, 0.4) is 0 Å². The Balaban J connectivity index is 2.63. The molecule has 0 saturated heterocycles. The molecule has 0 saturated carbocycles. The minimum atomic E-state index is 0.356. The minimum Gasteiger partial charge on any atom is -0.404 e. The third kappa shape index (κ3) is 3.81. The smallest absolute Gasteiger partial charge is 0.126 e. The summed E-state index contributed by atoms with van der Waals surface area (Å²) in [6.45, 7) is 4.96. The van der Waals surface area contributed by atoms with E-state index in [0.29, 0.717) is 11.7 Å². The van der Waals surface area contributed by atoms with Crippen LogP contribution in [0, 0.1) is 5.92 Å². The van der Waals surface area contributed by atoms with Gasteiger partial charge in [0.05, 0.1) is 0 Å². The topological polar surface area (TPSA) is 76.4 Å². The van der Waals surface area contributed by atoms with Crippen LogP contribution in [-0.4, -0.2) is 12.4 Å². The summed E-state index contributed by atoms with van der Waals surface area (Å²) in [5.74, 6) is 1.73. The second kappa shape index (κ2) is 6.00. The van der Waals surface area contributed by atoms with E-state index in [1.165, 1.54) is 0 Å². The molecule has 0 aromatic rings. The lowest BCUT2D eigenvalue weighted by atomic mass is 10.0. The third-order valence-corrected chi connectivity index (χ3v) is 2.31. The Kier molecular flexibility index (Phi) is 4.64. The Labute approximate surface area is 96.8 Å². The van der Waals surface area contributed by atoms with E-state index in [0.717, 1.165) is 24.4 Å². The van der Waals surface area contributed by atoms with E-state index in [-0.39, 0.29) is 0 Å². The van der Waals surface area contributed by atoms with Gasteiger partial charge in [0.1, 0.15) is 11.7 Å². The molecule has 0 spiro atoms. The van der Waals surface area contributed by atoms with E-state index >= 15 is 0 Å².